The van der Waals surface area contributed by atoms with Crippen molar-refractivity contribution >= 4 is 22.6 Å². The molecule has 2 N–H and O–H groups in total. The average molecular weight is 414 g/mol. The summed E-state index contributed by atoms with van der Waals surface area (Å²) < 4.78 is 1.84. The highest BCUT2D eigenvalue weighted by atomic mass is 35.5. The lowest BCUT2D eigenvalue weighted by Crippen LogP contribution is -2.43. The van der Waals surface area contributed by atoms with Crippen molar-refractivity contribution in [3.8, 4) is 0 Å². The second-order valence-electron chi connectivity index (χ2n) is 8.27. The van der Waals surface area contributed by atoms with E-state index in [-0.39, 0.29) is 5.69 Å². The van der Waals surface area contributed by atoms with Crippen LogP contribution in [0.4, 0.5) is 0 Å². The Morgan fingerprint density at radius 3 is 2.41 bits per heavy atom. The molecule has 1 aromatic heterocycles. The Morgan fingerprint density at radius 1 is 1.07 bits per heavy atom. The van der Waals surface area contributed by atoms with Crippen LogP contribution in [0.3, 0.4) is 0 Å². The molecule has 2 aromatic carbocycles. The number of imidazole rings is 1. The molecule has 5 nitrogen and oxygen atoms in total. The fraction of sp³-hybridized carbons (Fsp3) is 0.435. The van der Waals surface area contributed by atoms with Crippen LogP contribution in [0.2, 0.25) is 5.02 Å². The van der Waals surface area contributed by atoms with Gasteiger partial charge >= 0.3 is 5.69 Å². The number of aliphatic hydroxyl groups is 1. The third-order valence-electron chi connectivity index (χ3n) is 6.31. The Balaban J connectivity index is 1.35. The summed E-state index contributed by atoms with van der Waals surface area (Å²) in [5.41, 5.74) is 4.40. The number of likely N-dealkylation sites (tertiary alicyclic amines) is 1. The molecule has 0 amide bonds. The van der Waals surface area contributed by atoms with Crippen molar-refractivity contribution in [1.82, 2.24) is 14.5 Å². The van der Waals surface area contributed by atoms with Gasteiger partial charge in [0.05, 0.1) is 16.6 Å². The van der Waals surface area contributed by atoms with Crippen LogP contribution in [0.5, 0.6) is 0 Å². The Morgan fingerprint density at radius 2 is 1.72 bits per heavy atom. The summed E-state index contributed by atoms with van der Waals surface area (Å²) in [6.07, 6.45) is 2.32. The third kappa shape index (κ3) is 4.13. The molecule has 1 saturated heterocycles. The van der Waals surface area contributed by atoms with Crippen molar-refractivity contribution in [3.63, 3.8) is 0 Å². The Labute approximate surface area is 175 Å². The number of halogens is 1. The zero-order valence-corrected chi connectivity index (χ0v) is 17.8. The molecule has 4 rings (SSSR count). The molecule has 0 atom stereocenters. The first-order chi connectivity index (χ1) is 13.9. The number of aryl methyl sites for hydroxylation is 3. The molecule has 0 saturated carbocycles. The zero-order valence-electron chi connectivity index (χ0n) is 17.0. The molecule has 0 spiro atoms. The molecule has 3 aromatic rings. The second-order valence-corrected chi connectivity index (χ2v) is 8.71. The number of nitrogens with zero attached hydrogens (tertiary/aromatic N) is 2. The van der Waals surface area contributed by atoms with Crippen LogP contribution < -0.4 is 5.69 Å². The number of aromatic amines is 1. The summed E-state index contributed by atoms with van der Waals surface area (Å²) in [5, 5.41) is 11.7. The number of hydrogen-bond donors (Lipinski definition) is 2. The zero-order chi connectivity index (χ0) is 20.6. The molecule has 0 aliphatic carbocycles. The van der Waals surface area contributed by atoms with E-state index in [2.05, 4.69) is 29.8 Å². The van der Waals surface area contributed by atoms with Gasteiger partial charge < -0.3 is 15.0 Å². The monoisotopic (exact) mass is 413 g/mol. The van der Waals surface area contributed by atoms with E-state index in [1.165, 1.54) is 11.1 Å². The number of nitrogens with one attached hydrogen (secondary N) is 1. The second kappa shape index (κ2) is 7.98. The SMILES string of the molecule is Cc1cc2[nH]c(=O)n(CCCN3CCC(O)(c4ccc(Cl)cc4)CC3)c2cc1C. The van der Waals surface area contributed by atoms with Crippen LogP contribution in [-0.4, -0.2) is 39.2 Å². The van der Waals surface area contributed by atoms with Crippen molar-refractivity contribution < 1.29 is 5.11 Å². The van der Waals surface area contributed by atoms with Crippen molar-refractivity contribution in [3.05, 3.63) is 68.6 Å². The topological polar surface area (TPSA) is 61.3 Å². The van der Waals surface area contributed by atoms with Gasteiger partial charge in [-0.25, -0.2) is 4.79 Å². The standard InChI is InChI=1S/C23H28ClN3O2/c1-16-14-20-21(15-17(16)2)27(22(28)25-20)11-3-10-26-12-8-23(29,9-13-26)18-4-6-19(24)7-5-18/h4-7,14-15,29H,3,8-13H2,1-2H3,(H,25,28). The summed E-state index contributed by atoms with van der Waals surface area (Å²) in [6, 6.07) is 11.7. The molecule has 0 bridgehead atoms. The maximum atomic E-state index is 12.4. The van der Waals surface area contributed by atoms with Gasteiger partial charge in [0.2, 0.25) is 0 Å². The van der Waals surface area contributed by atoms with E-state index in [0.717, 1.165) is 42.7 Å². The quantitative estimate of drug-likeness (QED) is 0.665. The predicted octanol–water partition coefficient (Wildman–Crippen LogP) is 3.97. The van der Waals surface area contributed by atoms with Crippen LogP contribution in [-0.2, 0) is 12.1 Å². The minimum atomic E-state index is -0.774. The summed E-state index contributed by atoms with van der Waals surface area (Å²) >= 11 is 5.97. The first kappa shape index (κ1) is 20.2. The highest BCUT2D eigenvalue weighted by molar-refractivity contribution is 6.30. The minimum Gasteiger partial charge on any atom is -0.385 e. The molecule has 6 heteroatoms. The number of piperidine rings is 1. The summed E-state index contributed by atoms with van der Waals surface area (Å²) in [4.78, 5) is 17.7. The van der Waals surface area contributed by atoms with Gasteiger partial charge in [0.1, 0.15) is 0 Å². The smallest absolute Gasteiger partial charge is 0.326 e. The molecule has 1 fully saturated rings. The summed E-state index contributed by atoms with van der Waals surface area (Å²) in [7, 11) is 0. The largest absolute Gasteiger partial charge is 0.385 e. The Bertz CT molecular complexity index is 1060. The Hall–Kier alpha value is -2.08. The van der Waals surface area contributed by atoms with Crippen molar-refractivity contribution in [2.45, 2.75) is 45.3 Å². The van der Waals surface area contributed by atoms with Gasteiger partial charge in [-0.2, -0.15) is 0 Å². The fourth-order valence-electron chi connectivity index (χ4n) is 4.29. The minimum absolute atomic E-state index is 0.0410. The van der Waals surface area contributed by atoms with Crippen molar-refractivity contribution in [2.75, 3.05) is 19.6 Å². The van der Waals surface area contributed by atoms with Crippen LogP contribution in [0.25, 0.3) is 11.0 Å². The number of benzene rings is 2. The molecule has 154 valence electrons. The van der Waals surface area contributed by atoms with Gasteiger partial charge in [0.15, 0.2) is 0 Å². The van der Waals surface area contributed by atoms with Gasteiger partial charge in [-0.15, -0.1) is 0 Å². The van der Waals surface area contributed by atoms with Gasteiger partial charge in [-0.05, 0) is 80.6 Å². The summed E-state index contributed by atoms with van der Waals surface area (Å²) in [5.74, 6) is 0. The lowest BCUT2D eigenvalue weighted by Gasteiger charge is -2.38. The first-order valence-electron chi connectivity index (χ1n) is 10.3. The molecular formula is C23H28ClN3O2. The van der Waals surface area contributed by atoms with Gasteiger partial charge in [0.25, 0.3) is 0 Å². The number of rotatable bonds is 5. The normalized spacial score (nSPS) is 17.1. The first-order valence-corrected chi connectivity index (χ1v) is 10.6. The van der Waals surface area contributed by atoms with Gasteiger partial charge in [-0.3, -0.25) is 4.57 Å². The number of fused-ring (bicyclic) bond motifs is 1. The third-order valence-corrected chi connectivity index (χ3v) is 6.56. The van der Waals surface area contributed by atoms with E-state index in [0.29, 0.717) is 24.4 Å². The molecule has 0 unspecified atom stereocenters. The van der Waals surface area contributed by atoms with Crippen molar-refractivity contribution in [2.24, 2.45) is 0 Å². The van der Waals surface area contributed by atoms with E-state index < -0.39 is 5.60 Å². The Kier molecular flexibility index (Phi) is 5.56. The molecule has 0 radical (unpaired) electrons. The fourth-order valence-corrected chi connectivity index (χ4v) is 4.41. The lowest BCUT2D eigenvalue weighted by atomic mass is 9.84. The maximum Gasteiger partial charge on any atom is 0.326 e. The van der Waals surface area contributed by atoms with E-state index in [1.807, 2.05) is 34.9 Å². The van der Waals surface area contributed by atoms with Crippen LogP contribution in [0.15, 0.2) is 41.2 Å². The molecule has 2 heterocycles. The van der Waals surface area contributed by atoms with Crippen molar-refractivity contribution in [1.29, 1.82) is 0 Å². The lowest BCUT2D eigenvalue weighted by molar-refractivity contribution is -0.0261. The van der Waals surface area contributed by atoms with Gasteiger partial charge in [-0.1, -0.05) is 23.7 Å². The molecule has 1 aliphatic heterocycles. The molecular weight excluding hydrogens is 386 g/mol. The van der Waals surface area contributed by atoms with Crippen LogP contribution >= 0.6 is 11.6 Å². The average Bonchev–Trinajstić information content (AvgIpc) is 2.99. The number of hydrogen-bond acceptors (Lipinski definition) is 3. The number of H-pyrrole nitrogens is 1. The van der Waals surface area contributed by atoms with Gasteiger partial charge in [0, 0.05) is 24.7 Å². The van der Waals surface area contributed by atoms with E-state index in [4.69, 9.17) is 11.6 Å². The van der Waals surface area contributed by atoms with E-state index >= 15 is 0 Å². The maximum absolute atomic E-state index is 12.4. The van der Waals surface area contributed by atoms with E-state index in [1.54, 1.807) is 0 Å². The molecule has 1 aliphatic rings. The highest BCUT2D eigenvalue weighted by Gasteiger charge is 2.33. The molecule has 29 heavy (non-hydrogen) atoms. The number of aromatic nitrogens is 2. The summed E-state index contributed by atoms with van der Waals surface area (Å²) in [6.45, 7) is 7.44. The van der Waals surface area contributed by atoms with Crippen LogP contribution in [0, 0.1) is 13.8 Å². The predicted molar refractivity (Wildman–Crippen MR) is 118 cm³/mol. The highest BCUT2D eigenvalue weighted by Crippen LogP contribution is 2.33. The van der Waals surface area contributed by atoms with Crippen LogP contribution in [0.1, 0.15) is 36.0 Å². The van der Waals surface area contributed by atoms with E-state index in [9.17, 15) is 9.90 Å².